The molecule has 3 aromatic rings. The Kier molecular flexibility index (Phi) is 4.00. The second-order valence-corrected chi connectivity index (χ2v) is 4.84. The largest absolute Gasteiger partial charge is 0.481 e. The average molecular weight is 296 g/mol. The molecule has 3 rings (SSSR count). The number of amides is 1. The van der Waals surface area contributed by atoms with Crippen LogP contribution in [0, 0.1) is 0 Å². The number of pyridine rings is 1. The molecule has 0 aliphatic carbocycles. The molecule has 1 unspecified atom stereocenters. The molecule has 0 saturated heterocycles. The van der Waals surface area contributed by atoms with E-state index in [1.54, 1.807) is 6.92 Å². The number of carbonyl (C=O) groups is 1. The summed E-state index contributed by atoms with van der Waals surface area (Å²) in [6.07, 6.45) is 1.28. The van der Waals surface area contributed by atoms with Gasteiger partial charge in [0.25, 0.3) is 5.91 Å². The van der Waals surface area contributed by atoms with Crippen molar-refractivity contribution in [2.24, 2.45) is 0 Å². The molecule has 2 heterocycles. The monoisotopic (exact) mass is 296 g/mol. The van der Waals surface area contributed by atoms with Crippen molar-refractivity contribution >= 4 is 11.6 Å². The van der Waals surface area contributed by atoms with Gasteiger partial charge in [0.2, 0.25) is 0 Å². The van der Waals surface area contributed by atoms with Crippen LogP contribution in [0.25, 0.3) is 5.65 Å². The molecular weight excluding hydrogens is 280 g/mol. The number of aromatic nitrogens is 3. The third-order valence-electron chi connectivity index (χ3n) is 3.23. The Bertz CT molecular complexity index is 770. The zero-order chi connectivity index (χ0) is 15.4. The first kappa shape index (κ1) is 14.1. The van der Waals surface area contributed by atoms with Crippen molar-refractivity contribution in [3.8, 4) is 5.75 Å². The van der Waals surface area contributed by atoms with Gasteiger partial charge in [0, 0.05) is 6.20 Å². The standard InChI is InChI=1S/C16H16N4O2/c1-12(22-13-7-3-2-4-8-13)16(21)17-11-15-19-18-14-9-5-6-10-20(14)15/h2-10,12H,11H2,1H3,(H,17,21). The van der Waals surface area contributed by atoms with E-state index < -0.39 is 6.10 Å². The van der Waals surface area contributed by atoms with Crippen LogP contribution >= 0.6 is 0 Å². The molecule has 6 nitrogen and oxygen atoms in total. The third-order valence-corrected chi connectivity index (χ3v) is 3.23. The zero-order valence-corrected chi connectivity index (χ0v) is 12.1. The zero-order valence-electron chi connectivity index (χ0n) is 12.1. The number of hydrogen-bond donors (Lipinski definition) is 1. The minimum atomic E-state index is -0.582. The van der Waals surface area contributed by atoms with Crippen molar-refractivity contribution < 1.29 is 9.53 Å². The molecule has 22 heavy (non-hydrogen) atoms. The predicted molar refractivity (Wildman–Crippen MR) is 81.4 cm³/mol. The molecule has 0 saturated carbocycles. The number of rotatable bonds is 5. The van der Waals surface area contributed by atoms with E-state index in [0.717, 1.165) is 5.65 Å². The van der Waals surface area contributed by atoms with E-state index in [9.17, 15) is 4.79 Å². The van der Waals surface area contributed by atoms with Crippen molar-refractivity contribution in [1.29, 1.82) is 0 Å². The molecule has 1 atom stereocenters. The van der Waals surface area contributed by atoms with Crippen LogP contribution in [0.15, 0.2) is 54.7 Å². The van der Waals surface area contributed by atoms with Gasteiger partial charge in [-0.15, -0.1) is 10.2 Å². The van der Waals surface area contributed by atoms with E-state index in [1.165, 1.54) is 0 Å². The van der Waals surface area contributed by atoms with Gasteiger partial charge in [-0.25, -0.2) is 0 Å². The second-order valence-electron chi connectivity index (χ2n) is 4.84. The highest BCUT2D eigenvalue weighted by molar-refractivity contribution is 5.80. The van der Waals surface area contributed by atoms with Gasteiger partial charge in [-0.3, -0.25) is 9.20 Å². The molecule has 0 aliphatic rings. The fourth-order valence-corrected chi connectivity index (χ4v) is 2.08. The van der Waals surface area contributed by atoms with Crippen LogP contribution in [0.2, 0.25) is 0 Å². The molecule has 6 heteroatoms. The third kappa shape index (κ3) is 3.06. The summed E-state index contributed by atoms with van der Waals surface area (Å²) >= 11 is 0. The number of ether oxygens (including phenoxy) is 1. The summed E-state index contributed by atoms with van der Waals surface area (Å²) in [5.74, 6) is 1.14. The number of fused-ring (bicyclic) bond motifs is 1. The predicted octanol–water partition coefficient (Wildman–Crippen LogP) is 1.81. The fourth-order valence-electron chi connectivity index (χ4n) is 2.08. The SMILES string of the molecule is CC(Oc1ccccc1)C(=O)NCc1nnc2ccccn12. The molecule has 0 fully saturated rings. The topological polar surface area (TPSA) is 68.5 Å². The Morgan fingerprint density at radius 3 is 2.77 bits per heavy atom. The molecule has 1 amide bonds. The van der Waals surface area contributed by atoms with Gasteiger partial charge >= 0.3 is 0 Å². The number of carbonyl (C=O) groups excluding carboxylic acids is 1. The van der Waals surface area contributed by atoms with Crippen molar-refractivity contribution in [3.05, 3.63) is 60.6 Å². The summed E-state index contributed by atoms with van der Waals surface area (Å²) in [5, 5.41) is 10.9. The van der Waals surface area contributed by atoms with Crippen LogP contribution < -0.4 is 10.1 Å². The molecule has 2 aromatic heterocycles. The van der Waals surface area contributed by atoms with Gasteiger partial charge in [-0.05, 0) is 31.2 Å². The van der Waals surface area contributed by atoms with Gasteiger partial charge in [-0.1, -0.05) is 24.3 Å². The highest BCUT2D eigenvalue weighted by Crippen LogP contribution is 2.11. The van der Waals surface area contributed by atoms with Crippen molar-refractivity contribution in [2.45, 2.75) is 19.6 Å². The normalized spacial score (nSPS) is 12.0. The highest BCUT2D eigenvalue weighted by Gasteiger charge is 2.15. The molecule has 0 bridgehead atoms. The quantitative estimate of drug-likeness (QED) is 0.779. The lowest BCUT2D eigenvalue weighted by Gasteiger charge is -2.14. The van der Waals surface area contributed by atoms with Crippen LogP contribution in [0.4, 0.5) is 0 Å². The first-order chi connectivity index (χ1) is 10.7. The molecule has 0 radical (unpaired) electrons. The van der Waals surface area contributed by atoms with Crippen LogP contribution in [0.1, 0.15) is 12.7 Å². The Balaban J connectivity index is 1.60. The van der Waals surface area contributed by atoms with Crippen molar-refractivity contribution in [2.75, 3.05) is 0 Å². The number of nitrogens with zero attached hydrogens (tertiary/aromatic N) is 3. The highest BCUT2D eigenvalue weighted by atomic mass is 16.5. The summed E-state index contributed by atoms with van der Waals surface area (Å²) in [6.45, 7) is 2.01. The Labute approximate surface area is 127 Å². The van der Waals surface area contributed by atoms with Gasteiger partial charge in [0.05, 0.1) is 6.54 Å². The van der Waals surface area contributed by atoms with E-state index in [0.29, 0.717) is 18.1 Å². The maximum atomic E-state index is 12.1. The number of benzene rings is 1. The van der Waals surface area contributed by atoms with Crippen molar-refractivity contribution in [3.63, 3.8) is 0 Å². The summed E-state index contributed by atoms with van der Waals surface area (Å²) in [5.41, 5.74) is 0.750. The minimum Gasteiger partial charge on any atom is -0.481 e. The summed E-state index contributed by atoms with van der Waals surface area (Å²) in [4.78, 5) is 12.1. The smallest absolute Gasteiger partial charge is 0.261 e. The first-order valence-corrected chi connectivity index (χ1v) is 7.02. The fraction of sp³-hybridized carbons (Fsp3) is 0.188. The molecule has 1 aromatic carbocycles. The van der Waals surface area contributed by atoms with E-state index in [-0.39, 0.29) is 5.91 Å². The van der Waals surface area contributed by atoms with E-state index in [1.807, 2.05) is 59.1 Å². The van der Waals surface area contributed by atoms with Crippen LogP contribution in [0.5, 0.6) is 5.75 Å². The van der Waals surface area contributed by atoms with E-state index in [2.05, 4.69) is 15.5 Å². The molecule has 0 aliphatic heterocycles. The first-order valence-electron chi connectivity index (χ1n) is 7.02. The van der Waals surface area contributed by atoms with Crippen LogP contribution in [-0.2, 0) is 11.3 Å². The number of hydrogen-bond acceptors (Lipinski definition) is 4. The second kappa shape index (κ2) is 6.26. The molecule has 1 N–H and O–H groups in total. The van der Waals surface area contributed by atoms with Crippen LogP contribution in [0.3, 0.4) is 0 Å². The Morgan fingerprint density at radius 2 is 1.95 bits per heavy atom. The molecule has 0 spiro atoms. The Hall–Kier alpha value is -2.89. The van der Waals surface area contributed by atoms with E-state index in [4.69, 9.17) is 4.74 Å². The number of para-hydroxylation sites is 1. The maximum Gasteiger partial charge on any atom is 0.261 e. The summed E-state index contributed by atoms with van der Waals surface area (Å²) < 4.78 is 7.41. The average Bonchev–Trinajstić information content (AvgIpc) is 2.97. The van der Waals surface area contributed by atoms with Gasteiger partial charge in [0.1, 0.15) is 5.75 Å². The molecule has 112 valence electrons. The van der Waals surface area contributed by atoms with Gasteiger partial charge < -0.3 is 10.1 Å². The van der Waals surface area contributed by atoms with E-state index >= 15 is 0 Å². The van der Waals surface area contributed by atoms with Gasteiger partial charge in [0.15, 0.2) is 17.6 Å². The summed E-state index contributed by atoms with van der Waals surface area (Å²) in [7, 11) is 0. The van der Waals surface area contributed by atoms with Crippen LogP contribution in [-0.4, -0.2) is 26.6 Å². The summed E-state index contributed by atoms with van der Waals surface area (Å²) in [6, 6.07) is 14.9. The lowest BCUT2D eigenvalue weighted by molar-refractivity contribution is -0.127. The number of nitrogens with one attached hydrogen (secondary N) is 1. The van der Waals surface area contributed by atoms with Crippen molar-refractivity contribution in [1.82, 2.24) is 19.9 Å². The maximum absolute atomic E-state index is 12.1. The minimum absolute atomic E-state index is 0.198. The lowest BCUT2D eigenvalue weighted by Crippen LogP contribution is -2.36. The van der Waals surface area contributed by atoms with Gasteiger partial charge in [-0.2, -0.15) is 0 Å². The lowest BCUT2D eigenvalue weighted by atomic mass is 10.3. The molecular formula is C16H16N4O2. The Morgan fingerprint density at radius 1 is 1.18 bits per heavy atom.